The van der Waals surface area contributed by atoms with Crippen molar-refractivity contribution in [3.8, 4) is 0 Å². The molecule has 8 heteroatoms. The first-order valence-corrected chi connectivity index (χ1v) is 7.85. The van der Waals surface area contributed by atoms with Gasteiger partial charge in [0.25, 0.3) is 0 Å². The normalized spacial score (nSPS) is 25.2. The number of rotatable bonds is 6. The zero-order chi connectivity index (χ0) is 17.9. The first kappa shape index (κ1) is 18.4. The number of Topliss-reactive ketones (excluding diaryl/α,β-unsaturated/α-hetero) is 1. The van der Waals surface area contributed by atoms with Crippen LogP contribution in [0.2, 0.25) is 5.02 Å². The summed E-state index contributed by atoms with van der Waals surface area (Å²) in [6.45, 7) is 0. The predicted octanol–water partition coefficient (Wildman–Crippen LogP) is 1.17. The van der Waals surface area contributed by atoms with Gasteiger partial charge in [-0.2, -0.15) is 0 Å². The molecule has 0 amide bonds. The lowest BCUT2D eigenvalue weighted by Gasteiger charge is -2.41. The average Bonchev–Trinajstić information content (AvgIpc) is 2.51. The van der Waals surface area contributed by atoms with E-state index in [0.29, 0.717) is 12.0 Å². The van der Waals surface area contributed by atoms with E-state index in [9.17, 15) is 24.6 Å². The highest BCUT2D eigenvalue weighted by Crippen LogP contribution is 2.38. The number of ketones is 1. The number of benzene rings is 1. The maximum Gasteiger partial charge on any atom is 0.321 e. The van der Waals surface area contributed by atoms with Crippen molar-refractivity contribution in [3.05, 3.63) is 34.9 Å². The van der Waals surface area contributed by atoms with Crippen LogP contribution in [0.4, 0.5) is 0 Å². The fourth-order valence-corrected chi connectivity index (χ4v) is 3.36. The standard InChI is InChI=1S/C16H18ClNO6/c17-10-5-2-1-4-9(10)16(7-3-6-12(19)14(16)22)18-11(15(23)24)8-13(20)21/h1-2,4-5,11-12,18-19H,3,6-8H2,(H,20,21)(H,23,24)/t11-,12+,16-/m0/s1. The van der Waals surface area contributed by atoms with Crippen molar-refractivity contribution in [1.29, 1.82) is 0 Å². The number of carboxylic acids is 2. The molecule has 0 spiro atoms. The summed E-state index contributed by atoms with van der Waals surface area (Å²) in [4.78, 5) is 35.1. The van der Waals surface area contributed by atoms with Crippen LogP contribution in [-0.4, -0.2) is 45.2 Å². The largest absolute Gasteiger partial charge is 0.481 e. The fraction of sp³-hybridized carbons (Fsp3) is 0.438. The molecule has 2 rings (SSSR count). The van der Waals surface area contributed by atoms with Crippen LogP contribution in [0.5, 0.6) is 0 Å². The second-order valence-electron chi connectivity index (χ2n) is 5.79. The Hall–Kier alpha value is -1.96. The molecule has 130 valence electrons. The minimum atomic E-state index is -1.53. The van der Waals surface area contributed by atoms with E-state index in [1.165, 1.54) is 0 Å². The molecule has 3 atom stereocenters. The van der Waals surface area contributed by atoms with E-state index >= 15 is 0 Å². The van der Waals surface area contributed by atoms with Crippen LogP contribution in [0.25, 0.3) is 0 Å². The number of nitrogens with one attached hydrogen (secondary N) is 1. The lowest BCUT2D eigenvalue weighted by Crippen LogP contribution is -2.60. The smallest absolute Gasteiger partial charge is 0.321 e. The number of aliphatic hydroxyl groups excluding tert-OH is 1. The first-order valence-electron chi connectivity index (χ1n) is 7.47. The number of hydrogen-bond donors (Lipinski definition) is 4. The van der Waals surface area contributed by atoms with Crippen molar-refractivity contribution < 1.29 is 29.7 Å². The van der Waals surface area contributed by atoms with Crippen LogP contribution in [0.1, 0.15) is 31.2 Å². The number of halogens is 1. The molecule has 1 aromatic carbocycles. The summed E-state index contributed by atoms with van der Waals surface area (Å²) in [7, 11) is 0. The predicted molar refractivity (Wildman–Crippen MR) is 84.8 cm³/mol. The molecular weight excluding hydrogens is 338 g/mol. The molecule has 24 heavy (non-hydrogen) atoms. The number of aliphatic carboxylic acids is 2. The van der Waals surface area contributed by atoms with Gasteiger partial charge in [0, 0.05) is 5.02 Å². The summed E-state index contributed by atoms with van der Waals surface area (Å²) in [5, 5.41) is 31.1. The summed E-state index contributed by atoms with van der Waals surface area (Å²) in [6, 6.07) is 4.95. The highest BCUT2D eigenvalue weighted by Gasteiger charge is 2.48. The van der Waals surface area contributed by atoms with Gasteiger partial charge in [-0.1, -0.05) is 29.8 Å². The van der Waals surface area contributed by atoms with E-state index in [1.807, 2.05) is 0 Å². The highest BCUT2D eigenvalue weighted by molar-refractivity contribution is 6.31. The van der Waals surface area contributed by atoms with E-state index in [0.717, 1.165) is 0 Å². The monoisotopic (exact) mass is 355 g/mol. The third kappa shape index (κ3) is 3.58. The third-order valence-corrected chi connectivity index (χ3v) is 4.51. The topological polar surface area (TPSA) is 124 Å². The SMILES string of the molecule is O=C(O)C[C@H](N[C@]1(c2ccccc2Cl)CCC[C@@H](O)C1=O)C(=O)O. The second-order valence-corrected chi connectivity index (χ2v) is 6.20. The van der Waals surface area contributed by atoms with Gasteiger partial charge in [-0.15, -0.1) is 0 Å². The molecule has 1 saturated carbocycles. The minimum absolute atomic E-state index is 0.218. The Morgan fingerprint density at radius 3 is 2.58 bits per heavy atom. The summed E-state index contributed by atoms with van der Waals surface area (Å²) in [6.07, 6.45) is -1.02. The van der Waals surface area contributed by atoms with Gasteiger partial charge in [-0.05, 0) is 30.9 Å². The summed E-state index contributed by atoms with van der Waals surface area (Å²) < 4.78 is 0. The fourth-order valence-electron chi connectivity index (χ4n) is 3.07. The van der Waals surface area contributed by atoms with Crippen molar-refractivity contribution in [2.75, 3.05) is 0 Å². The summed E-state index contributed by atoms with van der Waals surface area (Å²) in [5.41, 5.74) is -1.19. The van der Waals surface area contributed by atoms with Crippen molar-refractivity contribution in [3.63, 3.8) is 0 Å². The van der Waals surface area contributed by atoms with Crippen LogP contribution < -0.4 is 5.32 Å². The van der Waals surface area contributed by atoms with Crippen LogP contribution in [0, 0.1) is 0 Å². The Kier molecular flexibility index (Phi) is 5.58. The zero-order valence-electron chi connectivity index (χ0n) is 12.7. The number of aliphatic hydroxyl groups is 1. The van der Waals surface area contributed by atoms with E-state index in [1.54, 1.807) is 24.3 Å². The van der Waals surface area contributed by atoms with E-state index < -0.39 is 41.8 Å². The van der Waals surface area contributed by atoms with Crippen LogP contribution >= 0.6 is 11.6 Å². The molecule has 0 heterocycles. The van der Waals surface area contributed by atoms with Crippen molar-refractivity contribution in [1.82, 2.24) is 5.32 Å². The molecule has 1 aromatic rings. The Morgan fingerprint density at radius 2 is 2.00 bits per heavy atom. The number of carbonyl (C=O) groups excluding carboxylic acids is 1. The lowest BCUT2D eigenvalue weighted by molar-refractivity contribution is -0.149. The Bertz CT molecular complexity index is 664. The minimum Gasteiger partial charge on any atom is -0.481 e. The molecule has 0 unspecified atom stereocenters. The van der Waals surface area contributed by atoms with Gasteiger partial charge in [0.15, 0.2) is 5.78 Å². The Balaban J connectivity index is 2.51. The van der Waals surface area contributed by atoms with Crippen LogP contribution in [0.3, 0.4) is 0 Å². The summed E-state index contributed by atoms with van der Waals surface area (Å²) >= 11 is 6.19. The number of carboxylic acid groups (broad SMARTS) is 2. The third-order valence-electron chi connectivity index (χ3n) is 4.18. The van der Waals surface area contributed by atoms with E-state index in [-0.39, 0.29) is 17.9 Å². The van der Waals surface area contributed by atoms with Gasteiger partial charge in [0.1, 0.15) is 17.7 Å². The first-order chi connectivity index (χ1) is 11.3. The molecule has 1 fully saturated rings. The maximum absolute atomic E-state index is 12.7. The summed E-state index contributed by atoms with van der Waals surface area (Å²) in [5.74, 6) is -3.30. The average molecular weight is 356 g/mol. The van der Waals surface area contributed by atoms with Crippen molar-refractivity contribution in [2.45, 2.75) is 43.4 Å². The van der Waals surface area contributed by atoms with Gasteiger partial charge in [0.2, 0.25) is 0 Å². The van der Waals surface area contributed by atoms with Crippen LogP contribution in [0.15, 0.2) is 24.3 Å². The van der Waals surface area contributed by atoms with Gasteiger partial charge in [-0.3, -0.25) is 19.7 Å². The molecule has 7 nitrogen and oxygen atoms in total. The lowest BCUT2D eigenvalue weighted by atomic mass is 9.73. The van der Waals surface area contributed by atoms with Gasteiger partial charge >= 0.3 is 11.9 Å². The number of hydrogen-bond acceptors (Lipinski definition) is 5. The molecule has 4 N–H and O–H groups in total. The zero-order valence-corrected chi connectivity index (χ0v) is 13.5. The second kappa shape index (κ2) is 7.29. The Morgan fingerprint density at radius 1 is 1.33 bits per heavy atom. The maximum atomic E-state index is 12.7. The van der Waals surface area contributed by atoms with E-state index in [2.05, 4.69) is 5.32 Å². The molecule has 0 aliphatic heterocycles. The molecule has 1 aliphatic carbocycles. The number of carbonyl (C=O) groups is 3. The van der Waals surface area contributed by atoms with E-state index in [4.69, 9.17) is 16.7 Å². The van der Waals surface area contributed by atoms with Gasteiger partial charge < -0.3 is 15.3 Å². The van der Waals surface area contributed by atoms with Crippen molar-refractivity contribution in [2.24, 2.45) is 0 Å². The van der Waals surface area contributed by atoms with Gasteiger partial charge in [0.05, 0.1) is 6.42 Å². The van der Waals surface area contributed by atoms with Gasteiger partial charge in [-0.25, -0.2) is 0 Å². The quantitative estimate of drug-likeness (QED) is 0.603. The Labute approximate surface area is 143 Å². The molecule has 0 aromatic heterocycles. The highest BCUT2D eigenvalue weighted by atomic mass is 35.5. The molecule has 1 aliphatic rings. The van der Waals surface area contributed by atoms with Crippen molar-refractivity contribution >= 4 is 29.3 Å². The molecule has 0 radical (unpaired) electrons. The van der Waals surface area contributed by atoms with Crippen LogP contribution in [-0.2, 0) is 19.9 Å². The molecular formula is C16H18ClNO6. The molecule has 0 saturated heterocycles. The molecule has 0 bridgehead atoms.